The van der Waals surface area contributed by atoms with E-state index >= 15 is 0 Å². The fourth-order valence-corrected chi connectivity index (χ4v) is 1.13. The van der Waals surface area contributed by atoms with Gasteiger partial charge in [-0.3, -0.25) is 4.79 Å². The predicted octanol–water partition coefficient (Wildman–Crippen LogP) is 1.63. The third kappa shape index (κ3) is 3.18. The minimum atomic E-state index is -0.542. The molecular formula is C10H14ClFN2O. The fraction of sp³-hybridized carbons (Fsp3) is 0.300. The molecule has 1 atom stereocenters. The lowest BCUT2D eigenvalue weighted by molar-refractivity contribution is 0.0959. The maximum absolute atomic E-state index is 13.3. The molecule has 0 spiro atoms. The number of amides is 1. The Balaban J connectivity index is 0.00000196. The molecule has 84 valence electrons. The zero-order valence-corrected chi connectivity index (χ0v) is 9.40. The van der Waals surface area contributed by atoms with Gasteiger partial charge in [-0.25, -0.2) is 4.39 Å². The Labute approximate surface area is 94.3 Å². The summed E-state index contributed by atoms with van der Waals surface area (Å²) in [6.45, 7) is 1.76. The standard InChI is InChI=1S/C10H13FN2O.ClH/c1-6(12)7-3-4-8(9(11)5-7)10(14)13-2;/h3-6H,12H2,1-2H3,(H,13,14);1H. The lowest BCUT2D eigenvalue weighted by Gasteiger charge is -2.07. The molecule has 0 heterocycles. The number of benzene rings is 1. The van der Waals surface area contributed by atoms with Gasteiger partial charge in [0, 0.05) is 13.1 Å². The Morgan fingerprint density at radius 2 is 2.13 bits per heavy atom. The highest BCUT2D eigenvalue weighted by atomic mass is 35.5. The average Bonchev–Trinajstić information content (AvgIpc) is 2.16. The molecule has 1 aromatic carbocycles. The monoisotopic (exact) mass is 232 g/mol. The van der Waals surface area contributed by atoms with Crippen LogP contribution in [0.25, 0.3) is 0 Å². The van der Waals surface area contributed by atoms with Crippen molar-refractivity contribution in [3.8, 4) is 0 Å². The summed E-state index contributed by atoms with van der Waals surface area (Å²) in [5, 5.41) is 2.36. The number of hydrogen-bond acceptors (Lipinski definition) is 2. The van der Waals surface area contributed by atoms with Crippen molar-refractivity contribution in [1.29, 1.82) is 0 Å². The second-order valence-electron chi connectivity index (χ2n) is 3.11. The SMILES string of the molecule is CNC(=O)c1ccc(C(C)N)cc1F.Cl. The molecule has 0 fully saturated rings. The van der Waals surface area contributed by atoms with Gasteiger partial charge < -0.3 is 11.1 Å². The van der Waals surface area contributed by atoms with Gasteiger partial charge in [0.05, 0.1) is 5.56 Å². The van der Waals surface area contributed by atoms with Crippen molar-refractivity contribution in [1.82, 2.24) is 5.32 Å². The number of rotatable bonds is 2. The smallest absolute Gasteiger partial charge is 0.253 e. The molecule has 0 aliphatic rings. The highest BCUT2D eigenvalue weighted by molar-refractivity contribution is 5.94. The van der Waals surface area contributed by atoms with E-state index in [0.29, 0.717) is 5.56 Å². The second kappa shape index (κ2) is 5.68. The van der Waals surface area contributed by atoms with E-state index in [1.807, 2.05) is 0 Å². The van der Waals surface area contributed by atoms with Crippen LogP contribution in [0.5, 0.6) is 0 Å². The van der Waals surface area contributed by atoms with Crippen molar-refractivity contribution in [2.24, 2.45) is 5.73 Å². The Kier molecular flexibility index (Phi) is 5.25. The highest BCUT2D eigenvalue weighted by Gasteiger charge is 2.11. The molecule has 0 aliphatic carbocycles. The Bertz CT molecular complexity index is 355. The first-order valence-corrected chi connectivity index (χ1v) is 4.33. The number of hydrogen-bond donors (Lipinski definition) is 2. The lowest BCUT2D eigenvalue weighted by atomic mass is 10.1. The van der Waals surface area contributed by atoms with Gasteiger partial charge in [-0.2, -0.15) is 0 Å². The molecule has 0 bridgehead atoms. The van der Waals surface area contributed by atoms with Crippen molar-refractivity contribution in [2.75, 3.05) is 7.05 Å². The fourth-order valence-electron chi connectivity index (χ4n) is 1.13. The van der Waals surface area contributed by atoms with Crippen LogP contribution in [0.4, 0.5) is 4.39 Å². The molecule has 15 heavy (non-hydrogen) atoms. The van der Waals surface area contributed by atoms with Crippen molar-refractivity contribution in [2.45, 2.75) is 13.0 Å². The summed E-state index contributed by atoms with van der Waals surface area (Å²) in [6.07, 6.45) is 0. The Morgan fingerprint density at radius 1 is 1.53 bits per heavy atom. The van der Waals surface area contributed by atoms with Gasteiger partial charge in [0.25, 0.3) is 5.91 Å². The molecular weight excluding hydrogens is 219 g/mol. The van der Waals surface area contributed by atoms with Gasteiger partial charge in [-0.05, 0) is 24.6 Å². The van der Waals surface area contributed by atoms with Crippen molar-refractivity contribution < 1.29 is 9.18 Å². The number of halogens is 2. The van der Waals surface area contributed by atoms with E-state index in [-0.39, 0.29) is 24.0 Å². The zero-order valence-electron chi connectivity index (χ0n) is 8.58. The number of carbonyl (C=O) groups excluding carboxylic acids is 1. The van der Waals surface area contributed by atoms with Crippen LogP contribution in [0.1, 0.15) is 28.9 Å². The van der Waals surface area contributed by atoms with Crippen LogP contribution in [0.15, 0.2) is 18.2 Å². The molecule has 3 N–H and O–H groups in total. The molecule has 0 aromatic heterocycles. The summed E-state index contributed by atoms with van der Waals surface area (Å²) in [5.74, 6) is -0.974. The van der Waals surface area contributed by atoms with Gasteiger partial charge in [-0.15, -0.1) is 12.4 Å². The van der Waals surface area contributed by atoms with Gasteiger partial charge in [0.2, 0.25) is 0 Å². The first-order valence-electron chi connectivity index (χ1n) is 4.33. The summed E-state index contributed by atoms with van der Waals surface area (Å²) in [6, 6.07) is 4.14. The normalized spacial score (nSPS) is 11.5. The third-order valence-electron chi connectivity index (χ3n) is 1.99. The molecule has 0 aliphatic heterocycles. The highest BCUT2D eigenvalue weighted by Crippen LogP contribution is 2.14. The second-order valence-corrected chi connectivity index (χ2v) is 3.11. The van der Waals surface area contributed by atoms with Crippen molar-refractivity contribution in [3.63, 3.8) is 0 Å². The summed E-state index contributed by atoms with van der Waals surface area (Å²) < 4.78 is 13.3. The van der Waals surface area contributed by atoms with Crippen molar-refractivity contribution >= 4 is 18.3 Å². The molecule has 3 nitrogen and oxygen atoms in total. The predicted molar refractivity (Wildman–Crippen MR) is 59.6 cm³/mol. The van der Waals surface area contributed by atoms with Crippen LogP contribution in [-0.4, -0.2) is 13.0 Å². The molecule has 1 rings (SSSR count). The summed E-state index contributed by atoms with van der Waals surface area (Å²) in [5.41, 5.74) is 6.29. The van der Waals surface area contributed by atoms with E-state index in [1.165, 1.54) is 19.2 Å². The number of carbonyl (C=O) groups is 1. The van der Waals surface area contributed by atoms with Gasteiger partial charge in [0.1, 0.15) is 5.82 Å². The minimum Gasteiger partial charge on any atom is -0.355 e. The van der Waals surface area contributed by atoms with Crippen LogP contribution >= 0.6 is 12.4 Å². The minimum absolute atomic E-state index is 0. The first kappa shape index (κ1) is 13.9. The van der Waals surface area contributed by atoms with Gasteiger partial charge >= 0.3 is 0 Å². The lowest BCUT2D eigenvalue weighted by Crippen LogP contribution is -2.19. The molecule has 0 radical (unpaired) electrons. The number of nitrogens with one attached hydrogen (secondary N) is 1. The summed E-state index contributed by atoms with van der Waals surface area (Å²) in [7, 11) is 1.46. The Morgan fingerprint density at radius 3 is 2.53 bits per heavy atom. The van der Waals surface area contributed by atoms with Crippen LogP contribution in [0, 0.1) is 5.82 Å². The zero-order chi connectivity index (χ0) is 10.7. The average molecular weight is 233 g/mol. The first-order chi connectivity index (χ1) is 6.56. The van der Waals surface area contributed by atoms with Crippen LogP contribution in [0.2, 0.25) is 0 Å². The molecule has 0 saturated heterocycles. The van der Waals surface area contributed by atoms with Gasteiger partial charge in [0.15, 0.2) is 0 Å². The summed E-state index contributed by atoms with van der Waals surface area (Å²) in [4.78, 5) is 11.1. The van der Waals surface area contributed by atoms with E-state index in [2.05, 4.69) is 5.32 Å². The van der Waals surface area contributed by atoms with E-state index in [1.54, 1.807) is 13.0 Å². The molecule has 1 aromatic rings. The largest absolute Gasteiger partial charge is 0.355 e. The summed E-state index contributed by atoms with van der Waals surface area (Å²) >= 11 is 0. The topological polar surface area (TPSA) is 55.1 Å². The molecule has 1 amide bonds. The maximum Gasteiger partial charge on any atom is 0.253 e. The van der Waals surface area contributed by atoms with Crippen LogP contribution in [0.3, 0.4) is 0 Å². The van der Waals surface area contributed by atoms with E-state index in [9.17, 15) is 9.18 Å². The third-order valence-corrected chi connectivity index (χ3v) is 1.99. The Hall–Kier alpha value is -1.13. The van der Waals surface area contributed by atoms with Crippen LogP contribution in [-0.2, 0) is 0 Å². The molecule has 5 heteroatoms. The van der Waals surface area contributed by atoms with E-state index in [4.69, 9.17) is 5.73 Å². The van der Waals surface area contributed by atoms with E-state index in [0.717, 1.165) is 0 Å². The quantitative estimate of drug-likeness (QED) is 0.814. The van der Waals surface area contributed by atoms with E-state index < -0.39 is 11.7 Å². The molecule has 1 unspecified atom stereocenters. The molecule has 0 saturated carbocycles. The van der Waals surface area contributed by atoms with Crippen LogP contribution < -0.4 is 11.1 Å². The van der Waals surface area contributed by atoms with Gasteiger partial charge in [-0.1, -0.05) is 6.07 Å². The number of nitrogens with two attached hydrogens (primary N) is 1. The van der Waals surface area contributed by atoms with Crippen molar-refractivity contribution in [3.05, 3.63) is 35.1 Å². The maximum atomic E-state index is 13.3.